The van der Waals surface area contributed by atoms with Gasteiger partial charge in [0, 0.05) is 16.0 Å². The molecule has 1 aromatic heterocycles. The lowest BCUT2D eigenvalue weighted by atomic mass is 10.1. The molecule has 0 saturated carbocycles. The normalized spacial score (nSPS) is 13.8. The summed E-state index contributed by atoms with van der Waals surface area (Å²) < 4.78 is 5.38. The van der Waals surface area contributed by atoms with E-state index in [2.05, 4.69) is 10.3 Å². The number of carbonyl (C=O) groups is 3. The molecule has 0 radical (unpaired) electrons. The van der Waals surface area contributed by atoms with E-state index in [1.165, 1.54) is 11.8 Å². The zero-order valence-corrected chi connectivity index (χ0v) is 18.2. The van der Waals surface area contributed by atoms with Crippen LogP contribution >= 0.6 is 23.1 Å². The fraction of sp³-hybridized carbons (Fsp3) is 0.182. The highest BCUT2D eigenvalue weighted by Gasteiger charge is 2.31. The topological polar surface area (TPSA) is 88.6 Å². The highest BCUT2D eigenvalue weighted by atomic mass is 32.2. The summed E-state index contributed by atoms with van der Waals surface area (Å²) in [4.78, 5) is 43.9. The Bertz CT molecular complexity index is 1100. The number of fused-ring (bicyclic) bond motifs is 1. The average molecular weight is 454 g/mol. The number of esters is 1. The highest BCUT2D eigenvalue weighted by Crippen LogP contribution is 2.29. The zero-order valence-electron chi connectivity index (χ0n) is 16.6. The van der Waals surface area contributed by atoms with Crippen LogP contribution in [0.15, 0.2) is 64.3 Å². The molecular formula is C22H19N3O4S2. The maximum atomic E-state index is 12.9. The Morgan fingerprint density at radius 1 is 1.23 bits per heavy atom. The predicted octanol–water partition coefficient (Wildman–Crippen LogP) is 3.97. The first-order chi connectivity index (χ1) is 15.0. The van der Waals surface area contributed by atoms with Crippen molar-refractivity contribution < 1.29 is 19.1 Å². The van der Waals surface area contributed by atoms with Crippen molar-refractivity contribution in [3.8, 4) is 0 Å². The van der Waals surface area contributed by atoms with Crippen LogP contribution in [0, 0.1) is 0 Å². The second-order valence-corrected chi connectivity index (χ2v) is 8.60. The molecule has 4 rings (SSSR count). The molecule has 1 unspecified atom stereocenters. The Morgan fingerprint density at radius 3 is 2.74 bits per heavy atom. The SMILES string of the molecule is CC(OC(=O)c1ccc(SCc2cscn2)cc1)C(=O)N1CC(=O)Nc2ccccc21. The number of nitrogens with zero attached hydrogens (tertiary/aromatic N) is 2. The summed E-state index contributed by atoms with van der Waals surface area (Å²) in [6.45, 7) is 1.38. The lowest BCUT2D eigenvalue weighted by Crippen LogP contribution is -2.47. The first-order valence-corrected chi connectivity index (χ1v) is 11.5. The standard InChI is InChI=1S/C22H19N3O4S2/c1-14(21(27)25-10-20(26)24-18-4-2-3-5-19(18)25)29-22(28)15-6-8-17(9-7-15)31-12-16-11-30-13-23-16/h2-9,11,13-14H,10,12H2,1H3,(H,24,26). The fourth-order valence-electron chi connectivity index (χ4n) is 3.08. The molecule has 1 aliphatic heterocycles. The monoisotopic (exact) mass is 453 g/mol. The molecule has 31 heavy (non-hydrogen) atoms. The van der Waals surface area contributed by atoms with Gasteiger partial charge in [-0.15, -0.1) is 23.1 Å². The number of benzene rings is 2. The van der Waals surface area contributed by atoms with E-state index in [1.807, 2.05) is 17.5 Å². The van der Waals surface area contributed by atoms with Crippen LogP contribution in [0.5, 0.6) is 0 Å². The molecule has 1 aliphatic rings. The zero-order chi connectivity index (χ0) is 21.8. The van der Waals surface area contributed by atoms with Crippen molar-refractivity contribution in [3.63, 3.8) is 0 Å². The number of para-hydroxylation sites is 2. The van der Waals surface area contributed by atoms with Crippen molar-refractivity contribution in [1.82, 2.24) is 4.98 Å². The van der Waals surface area contributed by atoms with Crippen LogP contribution in [0.3, 0.4) is 0 Å². The van der Waals surface area contributed by atoms with Gasteiger partial charge < -0.3 is 10.1 Å². The second-order valence-electron chi connectivity index (χ2n) is 6.83. The average Bonchev–Trinajstić information content (AvgIpc) is 3.30. The smallest absolute Gasteiger partial charge is 0.338 e. The Morgan fingerprint density at radius 2 is 2.00 bits per heavy atom. The second kappa shape index (κ2) is 9.32. The van der Waals surface area contributed by atoms with Crippen LogP contribution in [-0.2, 0) is 20.1 Å². The summed E-state index contributed by atoms with van der Waals surface area (Å²) in [5.41, 5.74) is 4.30. The van der Waals surface area contributed by atoms with E-state index >= 15 is 0 Å². The van der Waals surface area contributed by atoms with E-state index in [4.69, 9.17) is 4.74 Å². The third-order valence-corrected chi connectivity index (χ3v) is 6.31. The van der Waals surface area contributed by atoms with Gasteiger partial charge in [0.25, 0.3) is 5.91 Å². The number of amides is 2. The van der Waals surface area contributed by atoms with Gasteiger partial charge in [0.1, 0.15) is 6.54 Å². The lowest BCUT2D eigenvalue weighted by Gasteiger charge is -2.30. The van der Waals surface area contributed by atoms with E-state index in [9.17, 15) is 14.4 Å². The van der Waals surface area contributed by atoms with Crippen molar-refractivity contribution in [3.05, 3.63) is 70.7 Å². The number of hydrogen-bond donors (Lipinski definition) is 1. The van der Waals surface area contributed by atoms with Gasteiger partial charge in [-0.05, 0) is 43.3 Å². The summed E-state index contributed by atoms with van der Waals surface area (Å²) in [6, 6.07) is 14.0. The van der Waals surface area contributed by atoms with Gasteiger partial charge in [0.15, 0.2) is 6.10 Å². The molecule has 0 fully saturated rings. The molecule has 0 saturated heterocycles. The van der Waals surface area contributed by atoms with Crippen molar-refractivity contribution in [2.75, 3.05) is 16.8 Å². The maximum Gasteiger partial charge on any atom is 0.338 e. The van der Waals surface area contributed by atoms with Gasteiger partial charge in [0.05, 0.1) is 28.1 Å². The number of aromatic nitrogens is 1. The minimum atomic E-state index is -1.04. The van der Waals surface area contributed by atoms with Crippen LogP contribution < -0.4 is 10.2 Å². The minimum Gasteiger partial charge on any atom is -0.449 e. The number of carbonyl (C=O) groups excluding carboxylic acids is 3. The van der Waals surface area contributed by atoms with Crippen LogP contribution in [0.4, 0.5) is 11.4 Å². The van der Waals surface area contributed by atoms with Crippen molar-refractivity contribution in [2.45, 2.75) is 23.7 Å². The molecule has 7 nitrogen and oxygen atoms in total. The number of ether oxygens (including phenoxy) is 1. The van der Waals surface area contributed by atoms with E-state index in [1.54, 1.807) is 65.0 Å². The van der Waals surface area contributed by atoms with Gasteiger partial charge in [-0.3, -0.25) is 14.5 Å². The van der Waals surface area contributed by atoms with Crippen LogP contribution in [-0.4, -0.2) is 35.4 Å². The third-order valence-electron chi connectivity index (χ3n) is 4.63. The van der Waals surface area contributed by atoms with E-state index in [0.717, 1.165) is 16.3 Å². The molecular weight excluding hydrogens is 434 g/mol. The van der Waals surface area contributed by atoms with Crippen LogP contribution in [0.1, 0.15) is 23.0 Å². The first kappa shape index (κ1) is 21.1. The van der Waals surface area contributed by atoms with E-state index in [0.29, 0.717) is 16.9 Å². The molecule has 2 heterocycles. The molecule has 1 N–H and O–H groups in total. The van der Waals surface area contributed by atoms with Crippen molar-refractivity contribution in [1.29, 1.82) is 0 Å². The summed E-state index contributed by atoms with van der Waals surface area (Å²) in [5, 5.41) is 4.73. The van der Waals surface area contributed by atoms with Crippen LogP contribution in [0.2, 0.25) is 0 Å². The summed E-state index contributed by atoms with van der Waals surface area (Å²) in [7, 11) is 0. The van der Waals surface area contributed by atoms with Gasteiger partial charge in [-0.2, -0.15) is 0 Å². The largest absolute Gasteiger partial charge is 0.449 e. The fourth-order valence-corrected chi connectivity index (χ4v) is 4.55. The lowest BCUT2D eigenvalue weighted by molar-refractivity contribution is -0.128. The van der Waals surface area contributed by atoms with Gasteiger partial charge in [-0.1, -0.05) is 12.1 Å². The van der Waals surface area contributed by atoms with E-state index in [-0.39, 0.29) is 12.5 Å². The Labute approximate surface area is 187 Å². The number of thioether (sulfide) groups is 1. The molecule has 3 aromatic rings. The molecule has 0 bridgehead atoms. The Kier molecular flexibility index (Phi) is 6.34. The number of rotatable bonds is 6. The molecule has 2 aromatic carbocycles. The van der Waals surface area contributed by atoms with Gasteiger partial charge >= 0.3 is 5.97 Å². The Balaban J connectivity index is 1.38. The summed E-state index contributed by atoms with van der Waals surface area (Å²) >= 11 is 3.18. The predicted molar refractivity (Wildman–Crippen MR) is 120 cm³/mol. The molecule has 0 spiro atoms. The van der Waals surface area contributed by atoms with Gasteiger partial charge in [-0.25, -0.2) is 9.78 Å². The molecule has 1 atom stereocenters. The van der Waals surface area contributed by atoms with E-state index < -0.39 is 18.0 Å². The number of thiazole rings is 1. The molecule has 158 valence electrons. The molecule has 0 aliphatic carbocycles. The quantitative estimate of drug-likeness (QED) is 0.449. The van der Waals surface area contributed by atoms with Crippen LogP contribution in [0.25, 0.3) is 0 Å². The summed E-state index contributed by atoms with van der Waals surface area (Å²) in [5.74, 6) is -0.585. The minimum absolute atomic E-state index is 0.122. The molecule has 2 amide bonds. The highest BCUT2D eigenvalue weighted by molar-refractivity contribution is 7.98. The first-order valence-electron chi connectivity index (χ1n) is 9.52. The third kappa shape index (κ3) is 4.95. The van der Waals surface area contributed by atoms with Gasteiger partial charge in [0.2, 0.25) is 5.91 Å². The molecule has 9 heteroatoms. The van der Waals surface area contributed by atoms with Crippen molar-refractivity contribution in [2.24, 2.45) is 0 Å². The number of anilines is 2. The summed E-state index contributed by atoms with van der Waals surface area (Å²) in [6.07, 6.45) is -1.04. The number of nitrogens with one attached hydrogen (secondary N) is 1. The number of hydrogen-bond acceptors (Lipinski definition) is 7. The van der Waals surface area contributed by atoms with Crippen molar-refractivity contribution >= 4 is 52.3 Å². The Hall–Kier alpha value is -3.17. The maximum absolute atomic E-state index is 12.9.